The molecule has 0 unspecified atom stereocenters. The summed E-state index contributed by atoms with van der Waals surface area (Å²) in [4.78, 5) is 25.4. The lowest BCUT2D eigenvalue weighted by atomic mass is 9.98. The van der Waals surface area contributed by atoms with Gasteiger partial charge in [-0.2, -0.15) is 0 Å². The summed E-state index contributed by atoms with van der Waals surface area (Å²) in [6.07, 6.45) is 1.63. The first kappa shape index (κ1) is 21.0. The van der Waals surface area contributed by atoms with Gasteiger partial charge in [0.25, 0.3) is 0 Å². The fourth-order valence-corrected chi connectivity index (χ4v) is 4.35. The van der Waals surface area contributed by atoms with E-state index in [1.54, 1.807) is 6.33 Å². The first-order chi connectivity index (χ1) is 14.5. The van der Waals surface area contributed by atoms with E-state index in [9.17, 15) is 4.79 Å². The van der Waals surface area contributed by atoms with Gasteiger partial charge in [-0.25, -0.2) is 15.0 Å². The predicted molar refractivity (Wildman–Crippen MR) is 121 cm³/mol. The lowest BCUT2D eigenvalue weighted by molar-refractivity contribution is -0.153. The molecule has 0 radical (unpaired) electrons. The number of nitrogens with zero attached hydrogens (tertiary/aromatic N) is 4. The van der Waals surface area contributed by atoms with Crippen molar-refractivity contribution in [3.8, 4) is 0 Å². The predicted octanol–water partition coefficient (Wildman–Crippen LogP) is 3.92. The Morgan fingerprint density at radius 2 is 2.07 bits per heavy atom. The molecule has 0 amide bonds. The van der Waals surface area contributed by atoms with E-state index in [2.05, 4.69) is 61.9 Å². The molecule has 158 valence electrons. The van der Waals surface area contributed by atoms with Crippen LogP contribution in [-0.4, -0.2) is 37.7 Å². The maximum atomic E-state index is 11.7. The minimum atomic E-state index is -0.480. The van der Waals surface area contributed by atoms with E-state index in [1.165, 1.54) is 6.92 Å². The topological polar surface area (TPSA) is 91.2 Å². The molecule has 2 aromatic heterocycles. The summed E-state index contributed by atoms with van der Waals surface area (Å²) < 4.78 is 14.3. The Morgan fingerprint density at radius 1 is 1.30 bits per heavy atom. The number of carbonyl (C=O) groups excluding carboxylic acids is 1. The number of ether oxygens (including phenoxy) is 2. The monoisotopic (exact) mass is 521 g/mol. The van der Waals surface area contributed by atoms with Crippen LogP contribution in [-0.2, 0) is 20.8 Å². The third-order valence-corrected chi connectivity index (χ3v) is 5.86. The Hall–Kier alpha value is -2.27. The van der Waals surface area contributed by atoms with Gasteiger partial charge in [0, 0.05) is 42.0 Å². The molecule has 30 heavy (non-hydrogen) atoms. The summed E-state index contributed by atoms with van der Waals surface area (Å²) in [6.45, 7) is 6.16. The number of fused-ring (bicyclic) bond motifs is 1. The zero-order valence-electron chi connectivity index (χ0n) is 17.1. The number of nitrogens with one attached hydrogen (secondary N) is 1. The number of halogens is 1. The van der Waals surface area contributed by atoms with Crippen LogP contribution in [0.25, 0.3) is 11.2 Å². The van der Waals surface area contributed by atoms with Gasteiger partial charge in [0.15, 0.2) is 33.1 Å². The SMILES string of the molecule is CC[C@H]1O[C@@H](n2cnc3c(NCc4ccccc4)nc(I)nc32)[C@H](OC(C)=O)[C@@H]1C. The summed E-state index contributed by atoms with van der Waals surface area (Å²) in [5, 5.41) is 3.36. The molecule has 0 saturated carbocycles. The van der Waals surface area contributed by atoms with Crippen molar-refractivity contribution in [3.63, 3.8) is 0 Å². The summed E-state index contributed by atoms with van der Waals surface area (Å²) >= 11 is 2.10. The van der Waals surface area contributed by atoms with Gasteiger partial charge in [0.05, 0.1) is 12.4 Å². The van der Waals surface area contributed by atoms with Crippen molar-refractivity contribution >= 4 is 45.5 Å². The Bertz CT molecular complexity index is 1040. The summed E-state index contributed by atoms with van der Waals surface area (Å²) in [5.41, 5.74) is 2.45. The molecule has 3 aromatic rings. The largest absolute Gasteiger partial charge is 0.457 e. The van der Waals surface area contributed by atoms with E-state index >= 15 is 0 Å². The van der Waals surface area contributed by atoms with Crippen LogP contribution in [0.1, 0.15) is 39.0 Å². The zero-order valence-corrected chi connectivity index (χ0v) is 19.2. The van der Waals surface area contributed by atoms with Gasteiger partial charge < -0.3 is 14.8 Å². The highest BCUT2D eigenvalue weighted by atomic mass is 127. The number of imidazole rings is 1. The van der Waals surface area contributed by atoms with Crippen molar-refractivity contribution in [2.24, 2.45) is 5.92 Å². The second-order valence-electron chi connectivity index (χ2n) is 7.41. The minimum Gasteiger partial charge on any atom is -0.457 e. The van der Waals surface area contributed by atoms with E-state index in [0.717, 1.165) is 12.0 Å². The van der Waals surface area contributed by atoms with Gasteiger partial charge in [0.1, 0.15) is 0 Å². The van der Waals surface area contributed by atoms with Gasteiger partial charge in [-0.1, -0.05) is 44.2 Å². The van der Waals surface area contributed by atoms with Crippen LogP contribution >= 0.6 is 22.6 Å². The second-order valence-corrected chi connectivity index (χ2v) is 8.38. The van der Waals surface area contributed by atoms with E-state index in [1.807, 2.05) is 29.7 Å². The molecule has 1 saturated heterocycles. The van der Waals surface area contributed by atoms with Crippen molar-refractivity contribution in [1.29, 1.82) is 0 Å². The molecule has 1 fully saturated rings. The van der Waals surface area contributed by atoms with Crippen molar-refractivity contribution in [3.05, 3.63) is 46.1 Å². The zero-order chi connectivity index (χ0) is 21.3. The number of anilines is 1. The van der Waals surface area contributed by atoms with Crippen LogP contribution in [0.4, 0.5) is 5.82 Å². The minimum absolute atomic E-state index is 0.00612. The molecule has 0 spiro atoms. The first-order valence-electron chi connectivity index (χ1n) is 9.98. The molecule has 0 aliphatic carbocycles. The van der Waals surface area contributed by atoms with Crippen LogP contribution in [0, 0.1) is 9.75 Å². The summed E-state index contributed by atoms with van der Waals surface area (Å²) in [6, 6.07) is 10.1. The van der Waals surface area contributed by atoms with Crippen LogP contribution in [0.15, 0.2) is 36.7 Å². The molecule has 1 aromatic carbocycles. The van der Waals surface area contributed by atoms with Crippen molar-refractivity contribution < 1.29 is 14.3 Å². The third kappa shape index (κ3) is 4.13. The van der Waals surface area contributed by atoms with Gasteiger partial charge in [-0.3, -0.25) is 9.36 Å². The van der Waals surface area contributed by atoms with E-state index in [4.69, 9.17) is 9.47 Å². The number of rotatable bonds is 6. The average Bonchev–Trinajstić information content (AvgIpc) is 3.28. The van der Waals surface area contributed by atoms with Gasteiger partial charge in [-0.05, 0) is 12.0 Å². The van der Waals surface area contributed by atoms with Crippen LogP contribution in [0.2, 0.25) is 0 Å². The molecule has 4 atom stereocenters. The number of benzene rings is 1. The molecule has 1 aliphatic rings. The molecule has 9 heteroatoms. The highest BCUT2D eigenvalue weighted by Crippen LogP contribution is 2.39. The van der Waals surface area contributed by atoms with Gasteiger partial charge in [0.2, 0.25) is 0 Å². The van der Waals surface area contributed by atoms with E-state index < -0.39 is 12.3 Å². The first-order valence-corrected chi connectivity index (χ1v) is 11.1. The lowest BCUT2D eigenvalue weighted by Crippen LogP contribution is -2.29. The quantitative estimate of drug-likeness (QED) is 0.299. The van der Waals surface area contributed by atoms with Crippen LogP contribution < -0.4 is 5.32 Å². The molecule has 4 rings (SSSR count). The molecule has 1 aliphatic heterocycles. The third-order valence-electron chi connectivity index (χ3n) is 5.38. The molecular formula is C21H24IN5O3. The standard InChI is InChI=1S/C21H24IN5O3/c1-4-15-12(2)17(29-13(3)28)20(30-15)27-11-24-16-18(25-21(22)26-19(16)27)23-10-14-8-6-5-7-9-14/h5-9,11-12,15,17,20H,4,10H2,1-3H3,(H,23,25,26)/t12-,15-,17-,20-/m1/s1. The second kappa shape index (κ2) is 8.84. The van der Waals surface area contributed by atoms with Gasteiger partial charge in [-0.15, -0.1) is 0 Å². The summed E-state index contributed by atoms with van der Waals surface area (Å²) in [5.74, 6) is 0.406. The fourth-order valence-electron chi connectivity index (χ4n) is 3.88. The van der Waals surface area contributed by atoms with Crippen molar-refractivity contribution in [1.82, 2.24) is 19.5 Å². The molecule has 1 N–H and O–H groups in total. The Labute approximate surface area is 188 Å². The molecule has 8 nitrogen and oxygen atoms in total. The van der Waals surface area contributed by atoms with Gasteiger partial charge >= 0.3 is 5.97 Å². The summed E-state index contributed by atoms with van der Waals surface area (Å²) in [7, 11) is 0. The van der Waals surface area contributed by atoms with Crippen LogP contribution in [0.3, 0.4) is 0 Å². The number of carbonyl (C=O) groups is 1. The van der Waals surface area contributed by atoms with Crippen molar-refractivity contribution in [2.45, 2.75) is 52.2 Å². The highest BCUT2D eigenvalue weighted by molar-refractivity contribution is 14.1. The van der Waals surface area contributed by atoms with E-state index in [-0.39, 0.29) is 18.0 Å². The Kier molecular flexibility index (Phi) is 6.19. The normalized spacial score (nSPS) is 23.6. The highest BCUT2D eigenvalue weighted by Gasteiger charge is 2.45. The molecule has 3 heterocycles. The molecule has 0 bridgehead atoms. The number of hydrogen-bond donors (Lipinski definition) is 1. The molecular weight excluding hydrogens is 497 g/mol. The van der Waals surface area contributed by atoms with Crippen molar-refractivity contribution in [2.75, 3.05) is 5.32 Å². The number of hydrogen-bond acceptors (Lipinski definition) is 7. The maximum Gasteiger partial charge on any atom is 0.303 e. The van der Waals surface area contributed by atoms with E-state index in [0.29, 0.717) is 27.4 Å². The fraction of sp³-hybridized carbons (Fsp3) is 0.429. The lowest BCUT2D eigenvalue weighted by Gasteiger charge is -2.22. The smallest absolute Gasteiger partial charge is 0.303 e. The Morgan fingerprint density at radius 3 is 2.77 bits per heavy atom. The maximum absolute atomic E-state index is 11.7. The van der Waals surface area contributed by atoms with Crippen LogP contribution in [0.5, 0.6) is 0 Å². The number of esters is 1. The Balaban J connectivity index is 1.68. The number of aromatic nitrogens is 4. The average molecular weight is 521 g/mol.